The summed E-state index contributed by atoms with van der Waals surface area (Å²) in [5.74, 6) is 0. The van der Waals surface area contributed by atoms with Gasteiger partial charge in [0.2, 0.25) is 0 Å². The highest BCUT2D eigenvalue weighted by Crippen LogP contribution is 2.38. The molecule has 1 aliphatic heterocycles. The van der Waals surface area contributed by atoms with E-state index in [0.29, 0.717) is 0 Å². The van der Waals surface area contributed by atoms with Gasteiger partial charge in [0.15, 0.2) is 0 Å². The average Bonchev–Trinajstić information content (AvgIpc) is 2.50. The Morgan fingerprint density at radius 3 is 2.00 bits per heavy atom. The van der Waals surface area contributed by atoms with Gasteiger partial charge in [-0.25, -0.2) is 0 Å². The Labute approximate surface area is 130 Å². The number of nitrogen functional groups attached to an aromatic ring is 1. The van der Waals surface area contributed by atoms with E-state index < -0.39 is 30.1 Å². The first kappa shape index (κ1) is 16.6. The normalized spacial score (nSPS) is 20.9. The Morgan fingerprint density at radius 1 is 1.10 bits per heavy atom. The van der Waals surface area contributed by atoms with Gasteiger partial charge in [0.25, 0.3) is 0 Å². The fraction of sp³-hybridized carbons (Fsp3) is 0.538. The summed E-state index contributed by atoms with van der Waals surface area (Å²) in [5, 5.41) is 0. The van der Waals surface area contributed by atoms with Crippen LogP contribution in [0.3, 0.4) is 0 Å². The van der Waals surface area contributed by atoms with E-state index in [1.807, 2.05) is 27.7 Å². The van der Waals surface area contributed by atoms with Gasteiger partial charge in [-0.15, -0.1) is 0 Å². The summed E-state index contributed by atoms with van der Waals surface area (Å²) in [6.45, 7) is 7.30. The minimum atomic E-state index is -4.46. The van der Waals surface area contributed by atoms with Crippen LogP contribution in [0.25, 0.3) is 0 Å². The summed E-state index contributed by atoms with van der Waals surface area (Å²) in [7, 11) is -0.936. The topological polar surface area (TPSA) is 44.5 Å². The first-order valence-electron chi connectivity index (χ1n) is 6.37. The van der Waals surface area contributed by atoms with Gasteiger partial charge in [-0.05, 0) is 55.8 Å². The fourth-order valence-electron chi connectivity index (χ4n) is 1.97. The predicted octanol–water partition coefficient (Wildman–Crippen LogP) is 3.35. The third kappa shape index (κ3) is 2.93. The van der Waals surface area contributed by atoms with E-state index in [0.717, 1.165) is 12.1 Å². The Balaban J connectivity index is 2.48. The molecule has 0 radical (unpaired) electrons. The van der Waals surface area contributed by atoms with Crippen LogP contribution in [0.15, 0.2) is 16.6 Å². The molecular formula is C13H16BBrF3NO2. The van der Waals surface area contributed by atoms with Crippen molar-refractivity contribution in [3.63, 3.8) is 0 Å². The van der Waals surface area contributed by atoms with Crippen LogP contribution in [0, 0.1) is 0 Å². The van der Waals surface area contributed by atoms with E-state index in [1.165, 1.54) is 0 Å². The maximum absolute atomic E-state index is 12.9. The molecule has 2 N–H and O–H groups in total. The molecule has 1 heterocycles. The summed E-state index contributed by atoms with van der Waals surface area (Å²) in [5.41, 5.74) is 4.14. The molecule has 3 nitrogen and oxygen atoms in total. The van der Waals surface area contributed by atoms with Gasteiger partial charge >= 0.3 is 13.3 Å². The molecule has 1 saturated heterocycles. The van der Waals surface area contributed by atoms with Crippen LogP contribution in [0.4, 0.5) is 18.9 Å². The molecule has 116 valence electrons. The lowest BCUT2D eigenvalue weighted by molar-refractivity contribution is -0.137. The van der Waals surface area contributed by atoms with Crippen LogP contribution in [0.1, 0.15) is 33.3 Å². The third-order valence-electron chi connectivity index (χ3n) is 4.00. The Kier molecular flexibility index (Phi) is 3.88. The average molecular weight is 366 g/mol. The van der Waals surface area contributed by atoms with Crippen LogP contribution in [-0.2, 0) is 15.5 Å². The van der Waals surface area contributed by atoms with E-state index in [-0.39, 0.29) is 15.6 Å². The molecule has 2 rings (SSSR count). The molecule has 0 saturated carbocycles. The van der Waals surface area contributed by atoms with Crippen molar-refractivity contribution in [1.82, 2.24) is 0 Å². The lowest BCUT2D eigenvalue weighted by Crippen LogP contribution is -2.41. The zero-order valence-corrected chi connectivity index (χ0v) is 13.7. The maximum atomic E-state index is 12.9. The van der Waals surface area contributed by atoms with E-state index in [9.17, 15) is 13.2 Å². The number of alkyl halides is 3. The van der Waals surface area contributed by atoms with Crippen molar-refractivity contribution in [2.75, 3.05) is 5.73 Å². The van der Waals surface area contributed by atoms with Crippen LogP contribution in [0.5, 0.6) is 0 Å². The fourth-order valence-corrected chi connectivity index (χ4v) is 2.44. The van der Waals surface area contributed by atoms with Crippen LogP contribution in [0.2, 0.25) is 0 Å². The molecule has 0 atom stereocenters. The summed E-state index contributed by atoms with van der Waals surface area (Å²) < 4.78 is 50.5. The zero-order chi connectivity index (χ0) is 16.2. The van der Waals surface area contributed by atoms with E-state index in [4.69, 9.17) is 15.0 Å². The smallest absolute Gasteiger partial charge is 0.399 e. The standard InChI is InChI=1S/C13H16BBrF3NO2/c1-11(2)12(3,4)21-14(20-11)8-5-7(13(16,17)18)6-9(15)10(8)19/h5-6H,19H2,1-4H3. The number of nitrogens with two attached hydrogens (primary N) is 1. The highest BCUT2D eigenvalue weighted by molar-refractivity contribution is 9.10. The summed E-state index contributed by atoms with van der Waals surface area (Å²) in [6, 6.07) is 1.92. The second-order valence-corrected chi connectivity index (χ2v) is 6.90. The number of halogens is 4. The third-order valence-corrected chi connectivity index (χ3v) is 4.65. The number of benzene rings is 1. The lowest BCUT2D eigenvalue weighted by atomic mass is 9.77. The number of anilines is 1. The first-order valence-corrected chi connectivity index (χ1v) is 7.16. The molecule has 8 heteroatoms. The molecule has 1 aromatic carbocycles. The lowest BCUT2D eigenvalue weighted by Gasteiger charge is -2.32. The highest BCUT2D eigenvalue weighted by atomic mass is 79.9. The summed E-state index contributed by atoms with van der Waals surface area (Å²) in [6.07, 6.45) is -4.46. The van der Waals surface area contributed by atoms with Gasteiger partial charge in [-0.3, -0.25) is 0 Å². The van der Waals surface area contributed by atoms with Crippen LogP contribution >= 0.6 is 15.9 Å². The number of rotatable bonds is 1. The second-order valence-electron chi connectivity index (χ2n) is 6.05. The number of hydrogen-bond acceptors (Lipinski definition) is 3. The maximum Gasteiger partial charge on any atom is 0.497 e. The molecule has 0 unspecified atom stereocenters. The predicted molar refractivity (Wildman–Crippen MR) is 79.3 cm³/mol. The molecule has 0 aromatic heterocycles. The van der Waals surface area contributed by atoms with Crippen LogP contribution in [-0.4, -0.2) is 18.3 Å². The molecule has 1 aromatic rings. The largest absolute Gasteiger partial charge is 0.497 e. The quantitative estimate of drug-likeness (QED) is 0.613. The monoisotopic (exact) mass is 365 g/mol. The van der Waals surface area contributed by atoms with E-state index in [1.54, 1.807) is 0 Å². The molecular weight excluding hydrogens is 350 g/mol. The van der Waals surface area contributed by atoms with Crippen molar-refractivity contribution < 1.29 is 22.5 Å². The molecule has 0 aliphatic carbocycles. The summed E-state index contributed by atoms with van der Waals surface area (Å²) >= 11 is 3.06. The minimum absolute atomic E-state index is 0.169. The van der Waals surface area contributed by atoms with Gasteiger partial charge in [-0.1, -0.05) is 0 Å². The Morgan fingerprint density at radius 2 is 1.57 bits per heavy atom. The second kappa shape index (κ2) is 4.89. The Hall–Kier alpha value is -0.725. The van der Waals surface area contributed by atoms with E-state index in [2.05, 4.69) is 15.9 Å². The molecule has 0 spiro atoms. The zero-order valence-electron chi connectivity index (χ0n) is 12.1. The van der Waals surface area contributed by atoms with Crippen molar-refractivity contribution in [1.29, 1.82) is 0 Å². The van der Waals surface area contributed by atoms with Gasteiger partial charge in [0.1, 0.15) is 0 Å². The van der Waals surface area contributed by atoms with Gasteiger partial charge in [0.05, 0.1) is 16.8 Å². The van der Waals surface area contributed by atoms with Crippen molar-refractivity contribution in [2.24, 2.45) is 0 Å². The van der Waals surface area contributed by atoms with Gasteiger partial charge < -0.3 is 15.0 Å². The van der Waals surface area contributed by atoms with Crippen molar-refractivity contribution in [3.05, 3.63) is 22.2 Å². The van der Waals surface area contributed by atoms with Gasteiger partial charge in [0, 0.05) is 15.6 Å². The Bertz CT molecular complexity index is 559. The highest BCUT2D eigenvalue weighted by Gasteiger charge is 2.52. The van der Waals surface area contributed by atoms with Gasteiger partial charge in [-0.2, -0.15) is 13.2 Å². The van der Waals surface area contributed by atoms with Crippen LogP contribution < -0.4 is 11.2 Å². The molecule has 0 bridgehead atoms. The van der Waals surface area contributed by atoms with Crippen molar-refractivity contribution >= 4 is 34.2 Å². The SMILES string of the molecule is CC1(C)OB(c2cc(C(F)(F)F)cc(Br)c2N)OC1(C)C. The van der Waals surface area contributed by atoms with Crippen molar-refractivity contribution in [2.45, 2.75) is 45.1 Å². The van der Waals surface area contributed by atoms with Crippen molar-refractivity contribution in [3.8, 4) is 0 Å². The van der Waals surface area contributed by atoms with E-state index >= 15 is 0 Å². The molecule has 1 aliphatic rings. The molecule has 1 fully saturated rings. The summed E-state index contributed by atoms with van der Waals surface area (Å²) in [4.78, 5) is 0. The first-order chi connectivity index (χ1) is 9.35. The minimum Gasteiger partial charge on any atom is -0.399 e. The molecule has 0 amide bonds. The number of hydrogen-bond donors (Lipinski definition) is 1. The molecule has 21 heavy (non-hydrogen) atoms.